The molecule has 2 rings (SSSR count). The minimum Gasteiger partial charge on any atom is -0.381 e. The number of rotatable bonds is 1. The van der Waals surface area contributed by atoms with Crippen LogP contribution in [-0.2, 0) is 10.2 Å². The van der Waals surface area contributed by atoms with Crippen molar-refractivity contribution in [2.24, 2.45) is 14.5 Å². The minimum absolute atomic E-state index is 0.0591. The first kappa shape index (κ1) is 8.89. The van der Waals surface area contributed by atoms with Gasteiger partial charge in [0.1, 0.15) is 5.71 Å². The number of hydrogen-bond donors (Lipinski definition) is 1. The summed E-state index contributed by atoms with van der Waals surface area (Å²) >= 11 is 0. The topological polar surface area (TPSA) is 84.9 Å². The van der Waals surface area contributed by atoms with Gasteiger partial charge in [0.05, 0.1) is 0 Å². The highest BCUT2D eigenvalue weighted by Gasteiger charge is 2.22. The molecule has 72 valence electrons. The maximum atomic E-state index is 11.0. The molecule has 0 aromatic heterocycles. The number of nitrogens with two attached hydrogens (primary N) is 1. The van der Waals surface area contributed by atoms with Crippen LogP contribution in [0.15, 0.2) is 39.1 Å². The fraction of sp³-hybridized carbons (Fsp3) is 0. The van der Waals surface area contributed by atoms with Gasteiger partial charge in [0.15, 0.2) is 5.84 Å². The summed E-state index contributed by atoms with van der Waals surface area (Å²) in [6, 6.07) is 8.82. The van der Waals surface area contributed by atoms with Gasteiger partial charge in [-0.15, -0.1) is 8.80 Å². The van der Waals surface area contributed by atoms with Crippen molar-refractivity contribution in [2.45, 2.75) is 0 Å². The highest BCUT2D eigenvalue weighted by molar-refractivity contribution is 7.89. The van der Waals surface area contributed by atoms with E-state index in [1.807, 2.05) is 6.07 Å². The van der Waals surface area contributed by atoms with Crippen molar-refractivity contribution >= 4 is 21.8 Å². The highest BCUT2D eigenvalue weighted by Crippen LogP contribution is 2.11. The third-order valence-corrected chi connectivity index (χ3v) is 2.55. The van der Waals surface area contributed by atoms with Crippen molar-refractivity contribution in [1.29, 1.82) is 0 Å². The lowest BCUT2D eigenvalue weighted by molar-refractivity contribution is 0.601. The quantitative estimate of drug-likeness (QED) is 0.711. The molecule has 0 bridgehead atoms. The van der Waals surface area contributed by atoms with Crippen LogP contribution in [0.2, 0.25) is 0 Å². The molecule has 0 saturated carbocycles. The molecule has 0 fully saturated rings. The average molecular weight is 209 g/mol. The van der Waals surface area contributed by atoms with Crippen molar-refractivity contribution in [3.05, 3.63) is 35.9 Å². The lowest BCUT2D eigenvalue weighted by Crippen LogP contribution is -2.21. The van der Waals surface area contributed by atoms with Crippen LogP contribution >= 0.6 is 0 Å². The van der Waals surface area contributed by atoms with E-state index in [0.29, 0.717) is 5.56 Å². The zero-order valence-electron chi connectivity index (χ0n) is 7.08. The van der Waals surface area contributed by atoms with Crippen molar-refractivity contribution < 1.29 is 8.42 Å². The van der Waals surface area contributed by atoms with Crippen LogP contribution in [-0.4, -0.2) is 20.0 Å². The summed E-state index contributed by atoms with van der Waals surface area (Å²) in [5.74, 6) is -0.0591. The first-order valence-electron chi connectivity index (χ1n) is 3.85. The number of benzene rings is 1. The molecular weight excluding hydrogens is 202 g/mol. The Morgan fingerprint density at radius 3 is 2.21 bits per heavy atom. The second kappa shape index (κ2) is 2.91. The lowest BCUT2D eigenvalue weighted by Gasteiger charge is -1.97. The van der Waals surface area contributed by atoms with E-state index in [1.54, 1.807) is 24.3 Å². The molecule has 1 heterocycles. The summed E-state index contributed by atoms with van der Waals surface area (Å²) in [7, 11) is -3.74. The van der Waals surface area contributed by atoms with Crippen molar-refractivity contribution in [3.63, 3.8) is 0 Å². The monoisotopic (exact) mass is 209 g/mol. The average Bonchev–Trinajstić information content (AvgIpc) is 2.41. The van der Waals surface area contributed by atoms with E-state index in [0.717, 1.165) is 0 Å². The van der Waals surface area contributed by atoms with Gasteiger partial charge in [-0.3, -0.25) is 0 Å². The van der Waals surface area contributed by atoms with Gasteiger partial charge in [0.25, 0.3) is 0 Å². The Balaban J connectivity index is 2.55. The summed E-state index contributed by atoms with van der Waals surface area (Å²) < 4.78 is 28.6. The van der Waals surface area contributed by atoms with Gasteiger partial charge >= 0.3 is 10.2 Å². The van der Waals surface area contributed by atoms with Crippen LogP contribution in [0.3, 0.4) is 0 Å². The molecule has 0 radical (unpaired) electrons. The molecule has 14 heavy (non-hydrogen) atoms. The molecule has 1 aliphatic rings. The van der Waals surface area contributed by atoms with Gasteiger partial charge in [0, 0.05) is 5.56 Å². The fourth-order valence-corrected chi connectivity index (χ4v) is 1.95. The maximum absolute atomic E-state index is 11.0. The normalized spacial score (nSPS) is 18.9. The Bertz CT molecular complexity index is 517. The second-order valence-electron chi connectivity index (χ2n) is 2.73. The summed E-state index contributed by atoms with van der Waals surface area (Å²) in [6.45, 7) is 0. The Labute approximate surface area is 81.2 Å². The van der Waals surface area contributed by atoms with Gasteiger partial charge < -0.3 is 5.73 Å². The SMILES string of the molecule is NC1=NS(=O)(=O)N=C1c1ccccc1. The summed E-state index contributed by atoms with van der Waals surface area (Å²) in [4.78, 5) is 0. The minimum atomic E-state index is -3.74. The lowest BCUT2D eigenvalue weighted by atomic mass is 10.1. The maximum Gasteiger partial charge on any atom is 0.365 e. The van der Waals surface area contributed by atoms with Crippen molar-refractivity contribution in [1.82, 2.24) is 0 Å². The predicted octanol–water partition coefficient (Wildman–Crippen LogP) is 0.0913. The van der Waals surface area contributed by atoms with Crippen LogP contribution in [0, 0.1) is 0 Å². The van der Waals surface area contributed by atoms with E-state index in [4.69, 9.17) is 5.73 Å². The smallest absolute Gasteiger partial charge is 0.365 e. The molecule has 6 heteroatoms. The molecule has 0 amide bonds. The van der Waals surface area contributed by atoms with Gasteiger partial charge in [0.2, 0.25) is 0 Å². The largest absolute Gasteiger partial charge is 0.381 e. The van der Waals surface area contributed by atoms with Crippen LogP contribution < -0.4 is 5.73 Å². The molecule has 5 nitrogen and oxygen atoms in total. The second-order valence-corrected chi connectivity index (χ2v) is 3.99. The molecule has 0 spiro atoms. The van der Waals surface area contributed by atoms with E-state index in [2.05, 4.69) is 8.80 Å². The van der Waals surface area contributed by atoms with E-state index in [1.165, 1.54) is 0 Å². The number of nitrogens with zero attached hydrogens (tertiary/aromatic N) is 2. The third-order valence-electron chi connectivity index (χ3n) is 1.71. The van der Waals surface area contributed by atoms with Crippen molar-refractivity contribution in [2.75, 3.05) is 0 Å². The fourth-order valence-electron chi connectivity index (χ4n) is 1.15. The van der Waals surface area contributed by atoms with Crippen LogP contribution in [0.4, 0.5) is 0 Å². The van der Waals surface area contributed by atoms with Gasteiger partial charge in [-0.1, -0.05) is 30.3 Å². The molecule has 0 aliphatic carbocycles. The van der Waals surface area contributed by atoms with E-state index in [-0.39, 0.29) is 11.5 Å². The summed E-state index contributed by atoms with van der Waals surface area (Å²) in [6.07, 6.45) is 0. The van der Waals surface area contributed by atoms with E-state index < -0.39 is 10.2 Å². The zero-order chi connectivity index (χ0) is 10.2. The Morgan fingerprint density at radius 2 is 1.71 bits per heavy atom. The summed E-state index contributed by atoms with van der Waals surface area (Å²) in [5, 5.41) is 0. The number of hydrogen-bond acceptors (Lipinski definition) is 3. The van der Waals surface area contributed by atoms with Crippen LogP contribution in [0.1, 0.15) is 5.56 Å². The third kappa shape index (κ3) is 1.51. The number of amidine groups is 1. The van der Waals surface area contributed by atoms with Crippen LogP contribution in [0.5, 0.6) is 0 Å². The molecule has 0 atom stereocenters. The zero-order valence-corrected chi connectivity index (χ0v) is 7.90. The molecule has 2 N–H and O–H groups in total. The van der Waals surface area contributed by atoms with Crippen molar-refractivity contribution in [3.8, 4) is 0 Å². The molecule has 1 aliphatic heterocycles. The standard InChI is InChI=1S/C8H7N3O2S/c9-8-7(10-14(12,13)11-8)6-4-2-1-3-5-6/h1-5H,(H2,9,11). The Kier molecular flexibility index (Phi) is 1.85. The molecule has 1 aromatic rings. The highest BCUT2D eigenvalue weighted by atomic mass is 32.2. The molecular formula is C8H7N3O2S. The predicted molar refractivity (Wildman–Crippen MR) is 53.5 cm³/mol. The van der Waals surface area contributed by atoms with Gasteiger partial charge in [-0.25, -0.2) is 0 Å². The van der Waals surface area contributed by atoms with Gasteiger partial charge in [-0.2, -0.15) is 8.42 Å². The Hall–Kier alpha value is -1.69. The molecule has 0 saturated heterocycles. The molecule has 0 unspecified atom stereocenters. The van der Waals surface area contributed by atoms with E-state index >= 15 is 0 Å². The first-order chi connectivity index (χ1) is 6.58. The first-order valence-corrected chi connectivity index (χ1v) is 5.24. The molecule has 1 aromatic carbocycles. The van der Waals surface area contributed by atoms with E-state index in [9.17, 15) is 8.42 Å². The Morgan fingerprint density at radius 1 is 1.07 bits per heavy atom. The summed E-state index contributed by atoms with van der Waals surface area (Å²) in [5.41, 5.74) is 6.29. The van der Waals surface area contributed by atoms with Gasteiger partial charge in [-0.05, 0) is 0 Å². The van der Waals surface area contributed by atoms with Crippen LogP contribution in [0.25, 0.3) is 0 Å².